The van der Waals surface area contributed by atoms with E-state index in [4.69, 9.17) is 0 Å². The summed E-state index contributed by atoms with van der Waals surface area (Å²) >= 11 is 0. The molecule has 0 amide bonds. The van der Waals surface area contributed by atoms with E-state index in [-0.39, 0.29) is 17.5 Å². The van der Waals surface area contributed by atoms with E-state index < -0.39 is 11.8 Å². The van der Waals surface area contributed by atoms with Gasteiger partial charge in [0.2, 0.25) is 11.8 Å². The molecule has 6 rings (SSSR count). The van der Waals surface area contributed by atoms with Crippen molar-refractivity contribution in [1.29, 1.82) is 0 Å². The first-order valence-corrected chi connectivity index (χ1v) is 14.4. The number of Topliss-reactive ketones (excluding diaryl/α,β-unsaturated/α-hetero) is 1. The molecule has 4 aromatic carbocycles. The standard InChI is InChI=1S/C37H30N4O3/c1-23(29-31(25-15-7-3-8-16-25)33(38-40-36(29)43)27-19-11-5-12-20-27)35(42)24(2)30-32(26-17-9-4-10-18-26)34(39-41-37(30)44)28-21-13-6-14-22-28/h3-24H,1-2H3,(H,40,43)(H,41,44). The van der Waals surface area contributed by atoms with E-state index in [9.17, 15) is 15.0 Å². The summed E-state index contributed by atoms with van der Waals surface area (Å²) in [5.41, 5.74) is 6.31. The molecule has 44 heavy (non-hydrogen) atoms. The van der Waals surface area contributed by atoms with Crippen LogP contribution < -0.4 is 0 Å². The third kappa shape index (κ3) is 5.31. The molecule has 2 atom stereocenters. The first kappa shape index (κ1) is 28.4. The number of aromatic nitrogens is 4. The van der Waals surface area contributed by atoms with Gasteiger partial charge in [-0.1, -0.05) is 135 Å². The van der Waals surface area contributed by atoms with E-state index >= 15 is 0 Å². The second-order valence-corrected chi connectivity index (χ2v) is 10.6. The zero-order valence-corrected chi connectivity index (χ0v) is 24.3. The van der Waals surface area contributed by atoms with Crippen molar-refractivity contribution in [2.45, 2.75) is 25.7 Å². The van der Waals surface area contributed by atoms with E-state index in [1.165, 1.54) is 0 Å². The lowest BCUT2D eigenvalue weighted by atomic mass is 9.80. The topological polar surface area (TPSA) is 109 Å². The van der Waals surface area contributed by atoms with Crippen molar-refractivity contribution in [3.8, 4) is 56.5 Å². The number of hydrogen-bond donors (Lipinski definition) is 2. The van der Waals surface area contributed by atoms with Gasteiger partial charge in [-0.05, 0) is 11.1 Å². The van der Waals surface area contributed by atoms with Gasteiger partial charge in [0.05, 0.1) is 0 Å². The van der Waals surface area contributed by atoms with Gasteiger partial charge in [-0.15, -0.1) is 20.4 Å². The first-order chi connectivity index (χ1) is 21.5. The number of rotatable bonds is 8. The third-order valence-corrected chi connectivity index (χ3v) is 7.92. The molecule has 0 saturated carbocycles. The Bertz CT molecular complexity index is 1780. The lowest BCUT2D eigenvalue weighted by Gasteiger charge is -2.24. The molecular formula is C37H30N4O3. The molecule has 2 unspecified atom stereocenters. The summed E-state index contributed by atoms with van der Waals surface area (Å²) in [6.07, 6.45) is 0. The fourth-order valence-corrected chi connectivity index (χ4v) is 5.75. The van der Waals surface area contributed by atoms with Crippen LogP contribution in [0.2, 0.25) is 0 Å². The van der Waals surface area contributed by atoms with Gasteiger partial charge >= 0.3 is 0 Å². The van der Waals surface area contributed by atoms with Gasteiger partial charge < -0.3 is 10.2 Å². The summed E-state index contributed by atoms with van der Waals surface area (Å²) in [6.45, 7) is 3.51. The lowest BCUT2D eigenvalue weighted by Crippen LogP contribution is -2.20. The van der Waals surface area contributed by atoms with Gasteiger partial charge in [0, 0.05) is 45.2 Å². The largest absolute Gasteiger partial charge is 0.492 e. The Morgan fingerprint density at radius 1 is 0.477 bits per heavy atom. The Morgan fingerprint density at radius 3 is 1.09 bits per heavy atom. The molecule has 0 aliphatic rings. The van der Waals surface area contributed by atoms with E-state index in [1.54, 1.807) is 13.8 Å². The molecule has 2 heterocycles. The molecule has 0 spiro atoms. The molecule has 0 bridgehead atoms. The maximum absolute atomic E-state index is 14.5. The highest BCUT2D eigenvalue weighted by Gasteiger charge is 2.34. The summed E-state index contributed by atoms with van der Waals surface area (Å²) in [6, 6.07) is 38.2. The van der Waals surface area contributed by atoms with Crippen LogP contribution in [0.5, 0.6) is 11.8 Å². The van der Waals surface area contributed by atoms with Crippen LogP contribution in [-0.4, -0.2) is 36.4 Å². The lowest BCUT2D eigenvalue weighted by molar-refractivity contribution is -0.121. The van der Waals surface area contributed by atoms with Crippen LogP contribution in [0.25, 0.3) is 44.8 Å². The van der Waals surface area contributed by atoms with E-state index in [0.29, 0.717) is 33.6 Å². The molecule has 7 heteroatoms. The second-order valence-electron chi connectivity index (χ2n) is 10.6. The van der Waals surface area contributed by atoms with E-state index in [2.05, 4.69) is 20.4 Å². The fraction of sp³-hybridized carbons (Fsp3) is 0.108. The van der Waals surface area contributed by atoms with E-state index in [1.807, 2.05) is 121 Å². The molecule has 0 aliphatic heterocycles. The van der Waals surface area contributed by atoms with Crippen LogP contribution in [0.1, 0.15) is 36.8 Å². The number of nitrogens with zero attached hydrogens (tertiary/aromatic N) is 4. The molecular weight excluding hydrogens is 548 g/mol. The summed E-state index contributed by atoms with van der Waals surface area (Å²) in [4.78, 5) is 14.5. The Morgan fingerprint density at radius 2 is 0.773 bits per heavy atom. The highest BCUT2D eigenvalue weighted by atomic mass is 16.3. The van der Waals surface area contributed by atoms with Crippen molar-refractivity contribution in [1.82, 2.24) is 20.4 Å². The van der Waals surface area contributed by atoms with Crippen LogP contribution in [-0.2, 0) is 4.79 Å². The number of benzene rings is 4. The maximum atomic E-state index is 14.5. The fourth-order valence-electron chi connectivity index (χ4n) is 5.75. The van der Waals surface area contributed by atoms with Crippen LogP contribution in [0, 0.1) is 0 Å². The Labute approximate surface area is 255 Å². The van der Waals surface area contributed by atoms with Crippen molar-refractivity contribution in [2.24, 2.45) is 0 Å². The molecule has 0 fully saturated rings. The highest BCUT2D eigenvalue weighted by molar-refractivity contribution is 5.98. The Balaban J connectivity index is 1.52. The van der Waals surface area contributed by atoms with Gasteiger partial charge in [-0.3, -0.25) is 4.79 Å². The third-order valence-electron chi connectivity index (χ3n) is 7.92. The highest BCUT2D eigenvalue weighted by Crippen LogP contribution is 2.45. The normalized spacial score (nSPS) is 12.4. The second kappa shape index (κ2) is 12.3. The maximum Gasteiger partial charge on any atom is 0.235 e. The summed E-state index contributed by atoms with van der Waals surface area (Å²) in [5, 5.41) is 39.3. The smallest absolute Gasteiger partial charge is 0.235 e. The number of carbonyl (C=O) groups is 1. The minimum Gasteiger partial charge on any atom is -0.492 e. The number of carbonyl (C=O) groups excluding carboxylic acids is 1. The average Bonchev–Trinajstić information content (AvgIpc) is 3.08. The molecule has 2 N–H and O–H groups in total. The minimum atomic E-state index is -0.825. The predicted molar refractivity (Wildman–Crippen MR) is 171 cm³/mol. The van der Waals surface area contributed by atoms with Crippen molar-refractivity contribution in [2.75, 3.05) is 0 Å². The minimum absolute atomic E-state index is 0.232. The average molecular weight is 579 g/mol. The Kier molecular flexibility index (Phi) is 7.93. The van der Waals surface area contributed by atoms with Crippen LogP contribution >= 0.6 is 0 Å². The predicted octanol–water partition coefficient (Wildman–Crippen LogP) is 7.82. The van der Waals surface area contributed by atoms with Gasteiger partial charge in [0.15, 0.2) is 0 Å². The van der Waals surface area contributed by atoms with Crippen LogP contribution in [0.15, 0.2) is 121 Å². The molecule has 0 radical (unpaired) electrons. The van der Waals surface area contributed by atoms with Crippen molar-refractivity contribution < 1.29 is 15.0 Å². The molecule has 0 saturated heterocycles. The molecule has 6 aromatic rings. The van der Waals surface area contributed by atoms with Crippen LogP contribution in [0.4, 0.5) is 0 Å². The Hall–Kier alpha value is -5.69. The molecule has 0 aliphatic carbocycles. The molecule has 216 valence electrons. The number of aromatic hydroxyl groups is 2. The summed E-state index contributed by atoms with van der Waals surface area (Å²) in [5.74, 6) is -2.52. The zero-order valence-electron chi connectivity index (χ0n) is 24.3. The van der Waals surface area contributed by atoms with Gasteiger partial charge in [0.25, 0.3) is 0 Å². The van der Waals surface area contributed by atoms with E-state index in [0.717, 1.165) is 22.3 Å². The summed E-state index contributed by atoms with van der Waals surface area (Å²) in [7, 11) is 0. The monoisotopic (exact) mass is 578 g/mol. The van der Waals surface area contributed by atoms with Crippen LogP contribution in [0.3, 0.4) is 0 Å². The van der Waals surface area contributed by atoms with Crippen molar-refractivity contribution in [3.63, 3.8) is 0 Å². The van der Waals surface area contributed by atoms with Gasteiger partial charge in [-0.25, -0.2) is 0 Å². The zero-order chi connectivity index (χ0) is 30.6. The van der Waals surface area contributed by atoms with Crippen molar-refractivity contribution >= 4 is 5.78 Å². The molecule has 2 aromatic heterocycles. The first-order valence-electron chi connectivity index (χ1n) is 14.4. The number of ketones is 1. The van der Waals surface area contributed by atoms with Gasteiger partial charge in [-0.2, -0.15) is 0 Å². The quantitative estimate of drug-likeness (QED) is 0.189. The van der Waals surface area contributed by atoms with Gasteiger partial charge in [0.1, 0.15) is 17.2 Å². The van der Waals surface area contributed by atoms with Crippen molar-refractivity contribution in [3.05, 3.63) is 132 Å². The molecule has 7 nitrogen and oxygen atoms in total. The number of hydrogen-bond acceptors (Lipinski definition) is 7. The SMILES string of the molecule is CC(C(=O)C(C)c1c(O)nnc(-c2ccccc2)c1-c1ccccc1)c1c(O)nnc(-c2ccccc2)c1-c1ccccc1. The summed E-state index contributed by atoms with van der Waals surface area (Å²) < 4.78 is 0.